The Balaban J connectivity index is 1.73. The van der Waals surface area contributed by atoms with Crippen LogP contribution in [0.2, 0.25) is 5.02 Å². The minimum Gasteiger partial charge on any atom is -0.301 e. The van der Waals surface area contributed by atoms with Crippen LogP contribution in [0.4, 0.5) is 0 Å². The van der Waals surface area contributed by atoms with Crippen molar-refractivity contribution in [3.8, 4) is 11.4 Å². The molecule has 0 aliphatic carbocycles. The van der Waals surface area contributed by atoms with Crippen LogP contribution in [0.5, 0.6) is 0 Å². The van der Waals surface area contributed by atoms with Crippen LogP contribution in [0.3, 0.4) is 0 Å². The maximum atomic E-state index is 6.02. The molecule has 0 N–H and O–H groups in total. The summed E-state index contributed by atoms with van der Waals surface area (Å²) < 4.78 is 4.83. The molecule has 1 saturated heterocycles. The maximum Gasteiger partial charge on any atom is 0.199 e. The molecule has 0 saturated carbocycles. The molecule has 0 unspecified atom stereocenters. The van der Waals surface area contributed by atoms with Gasteiger partial charge >= 0.3 is 0 Å². The highest BCUT2D eigenvalue weighted by atomic mass is 35.5. The van der Waals surface area contributed by atoms with Crippen molar-refractivity contribution < 1.29 is 0 Å². The maximum absolute atomic E-state index is 6.02. The number of hydrogen-bond donors (Lipinski definition) is 0. The summed E-state index contributed by atoms with van der Waals surface area (Å²) in [6.07, 6.45) is 0. The monoisotopic (exact) mass is 393 g/mol. The molecule has 2 aromatic rings. The Kier molecular flexibility index (Phi) is 6.51. The molecule has 2 heterocycles. The summed E-state index contributed by atoms with van der Waals surface area (Å²) >= 11 is 11.7. The largest absolute Gasteiger partial charge is 0.301 e. The molecule has 0 radical (unpaired) electrons. The molecule has 3 rings (SSSR count). The smallest absolute Gasteiger partial charge is 0.199 e. The molecule has 1 aliphatic rings. The van der Waals surface area contributed by atoms with E-state index in [1.165, 1.54) is 6.54 Å². The minimum absolute atomic E-state index is 0.720. The number of nitrogens with zero attached hydrogens (tertiary/aromatic N) is 5. The minimum atomic E-state index is 0.720. The van der Waals surface area contributed by atoms with Crippen LogP contribution < -0.4 is 0 Å². The van der Waals surface area contributed by atoms with Crippen LogP contribution >= 0.6 is 23.8 Å². The van der Waals surface area contributed by atoms with Gasteiger partial charge in [-0.15, -0.1) is 0 Å². The predicted molar refractivity (Wildman–Crippen MR) is 110 cm³/mol. The van der Waals surface area contributed by atoms with Gasteiger partial charge in [-0.3, -0.25) is 4.90 Å². The Morgan fingerprint density at radius 3 is 2.27 bits per heavy atom. The van der Waals surface area contributed by atoms with Crippen molar-refractivity contribution in [3.63, 3.8) is 0 Å². The Bertz CT molecular complexity index is 772. The number of piperazine rings is 1. The molecule has 26 heavy (non-hydrogen) atoms. The van der Waals surface area contributed by atoms with Crippen LogP contribution in [0.25, 0.3) is 11.4 Å². The van der Waals surface area contributed by atoms with Crippen molar-refractivity contribution in [2.24, 2.45) is 5.92 Å². The molecule has 1 aromatic heterocycles. The van der Waals surface area contributed by atoms with Crippen LogP contribution in [0.15, 0.2) is 24.3 Å². The third kappa shape index (κ3) is 4.55. The summed E-state index contributed by atoms with van der Waals surface area (Å²) in [5.41, 5.74) is 1.04. The molecule has 1 aromatic carbocycles. The highest BCUT2D eigenvalue weighted by molar-refractivity contribution is 7.71. The number of rotatable bonds is 6. The van der Waals surface area contributed by atoms with Gasteiger partial charge in [-0.25, -0.2) is 4.68 Å². The van der Waals surface area contributed by atoms with Gasteiger partial charge in [0.1, 0.15) is 0 Å². The van der Waals surface area contributed by atoms with Crippen LogP contribution in [-0.2, 0) is 13.2 Å². The fourth-order valence-electron chi connectivity index (χ4n) is 3.45. The summed E-state index contributed by atoms with van der Waals surface area (Å²) in [5, 5.41) is 5.55. The normalized spacial score (nSPS) is 16.5. The zero-order valence-corrected chi connectivity index (χ0v) is 17.4. The average molecular weight is 394 g/mol. The molecule has 0 spiro atoms. The fourth-order valence-corrected chi connectivity index (χ4v) is 3.89. The van der Waals surface area contributed by atoms with Gasteiger partial charge < -0.3 is 9.47 Å². The van der Waals surface area contributed by atoms with E-state index in [-0.39, 0.29) is 0 Å². The second-order valence-electron chi connectivity index (χ2n) is 7.31. The van der Waals surface area contributed by atoms with E-state index in [4.69, 9.17) is 28.9 Å². The van der Waals surface area contributed by atoms with E-state index < -0.39 is 0 Å². The van der Waals surface area contributed by atoms with Crippen molar-refractivity contribution in [1.82, 2.24) is 24.1 Å². The third-order valence-corrected chi connectivity index (χ3v) is 5.45. The zero-order chi connectivity index (χ0) is 18.7. The SMILES string of the molecule is CCn1c(-c2ccc(Cl)cc2)nn(CN2CCN(CC(C)C)CC2)c1=S. The highest BCUT2D eigenvalue weighted by Gasteiger charge is 2.19. The van der Waals surface area contributed by atoms with E-state index in [0.717, 1.165) is 66.5 Å². The molecule has 0 amide bonds. The standard InChI is InChI=1S/C19H28ClN5S/c1-4-24-18(16-5-7-17(20)8-6-16)21-25(19(24)26)14-23-11-9-22(10-12-23)13-15(2)3/h5-8,15H,4,9-14H2,1-3H3. The number of aromatic nitrogens is 3. The first-order valence-electron chi connectivity index (χ1n) is 9.36. The quantitative estimate of drug-likeness (QED) is 0.694. The number of halogens is 1. The van der Waals surface area contributed by atoms with E-state index in [1.54, 1.807) is 0 Å². The lowest BCUT2D eigenvalue weighted by Gasteiger charge is -2.35. The molecule has 1 fully saturated rings. The van der Waals surface area contributed by atoms with E-state index in [2.05, 4.69) is 35.1 Å². The number of hydrogen-bond acceptors (Lipinski definition) is 4. The summed E-state index contributed by atoms with van der Waals surface area (Å²) in [4.78, 5) is 4.98. The molecule has 142 valence electrons. The van der Waals surface area contributed by atoms with Gasteiger partial charge in [-0.05, 0) is 49.3 Å². The van der Waals surface area contributed by atoms with Gasteiger partial charge in [0.2, 0.25) is 0 Å². The Morgan fingerprint density at radius 2 is 1.69 bits per heavy atom. The molecule has 0 atom stereocenters. The van der Waals surface area contributed by atoms with Crippen molar-refractivity contribution in [1.29, 1.82) is 0 Å². The lowest BCUT2D eigenvalue weighted by molar-refractivity contribution is 0.0950. The molecular weight excluding hydrogens is 366 g/mol. The van der Waals surface area contributed by atoms with Gasteiger partial charge in [0.05, 0.1) is 6.67 Å². The molecule has 0 bridgehead atoms. The average Bonchev–Trinajstić information content (AvgIpc) is 2.92. The summed E-state index contributed by atoms with van der Waals surface area (Å²) in [7, 11) is 0. The van der Waals surface area contributed by atoms with Crippen molar-refractivity contribution in [3.05, 3.63) is 34.1 Å². The summed E-state index contributed by atoms with van der Waals surface area (Å²) in [5.74, 6) is 1.63. The molecular formula is C19H28ClN5S. The number of benzene rings is 1. The first-order chi connectivity index (χ1) is 12.5. The second-order valence-corrected chi connectivity index (χ2v) is 8.11. The van der Waals surface area contributed by atoms with E-state index in [0.29, 0.717) is 0 Å². The molecule has 5 nitrogen and oxygen atoms in total. The van der Waals surface area contributed by atoms with Crippen molar-refractivity contribution >= 4 is 23.8 Å². The van der Waals surface area contributed by atoms with Gasteiger partial charge in [0.15, 0.2) is 10.6 Å². The molecule has 7 heteroatoms. The Labute approximate surface area is 166 Å². The van der Waals surface area contributed by atoms with Gasteiger partial charge in [0, 0.05) is 49.9 Å². The first-order valence-corrected chi connectivity index (χ1v) is 10.1. The van der Waals surface area contributed by atoms with Crippen molar-refractivity contribution in [2.75, 3.05) is 32.7 Å². The van der Waals surface area contributed by atoms with Crippen LogP contribution in [-0.4, -0.2) is 56.9 Å². The Hall–Kier alpha value is -1.21. The first kappa shape index (κ1) is 19.5. The van der Waals surface area contributed by atoms with E-state index >= 15 is 0 Å². The van der Waals surface area contributed by atoms with Crippen molar-refractivity contribution in [2.45, 2.75) is 34.0 Å². The summed E-state index contributed by atoms with van der Waals surface area (Å²) in [6.45, 7) is 13.7. The predicted octanol–water partition coefficient (Wildman–Crippen LogP) is 3.99. The van der Waals surface area contributed by atoms with Crippen LogP contribution in [0, 0.1) is 10.7 Å². The molecule has 1 aliphatic heterocycles. The summed E-state index contributed by atoms with van der Waals surface area (Å²) in [6, 6.07) is 7.79. The topological polar surface area (TPSA) is 29.2 Å². The highest BCUT2D eigenvalue weighted by Crippen LogP contribution is 2.21. The Morgan fingerprint density at radius 1 is 1.08 bits per heavy atom. The van der Waals surface area contributed by atoms with E-state index in [1.807, 2.05) is 28.9 Å². The third-order valence-electron chi connectivity index (χ3n) is 4.76. The van der Waals surface area contributed by atoms with E-state index in [9.17, 15) is 0 Å². The lowest BCUT2D eigenvalue weighted by atomic mass is 10.2. The van der Waals surface area contributed by atoms with Crippen LogP contribution in [0.1, 0.15) is 20.8 Å². The second kappa shape index (κ2) is 8.65. The fraction of sp³-hybridized carbons (Fsp3) is 0.579. The lowest BCUT2D eigenvalue weighted by Crippen LogP contribution is -2.47. The van der Waals surface area contributed by atoms with Gasteiger partial charge in [0.25, 0.3) is 0 Å². The van der Waals surface area contributed by atoms with Gasteiger partial charge in [-0.2, -0.15) is 5.10 Å². The van der Waals surface area contributed by atoms with Gasteiger partial charge in [-0.1, -0.05) is 25.4 Å². The zero-order valence-electron chi connectivity index (χ0n) is 15.9.